The van der Waals surface area contributed by atoms with Crippen molar-refractivity contribution in [3.05, 3.63) is 76.6 Å². The number of esters is 1. The van der Waals surface area contributed by atoms with Crippen LogP contribution in [0.5, 0.6) is 0 Å². The van der Waals surface area contributed by atoms with Crippen LogP contribution in [-0.2, 0) is 4.74 Å². The van der Waals surface area contributed by atoms with Gasteiger partial charge in [0.2, 0.25) is 5.78 Å². The Morgan fingerprint density at radius 3 is 2.44 bits per heavy atom. The Morgan fingerprint density at radius 2 is 1.76 bits per heavy atom. The van der Waals surface area contributed by atoms with Gasteiger partial charge in [0.15, 0.2) is 5.69 Å². The van der Waals surface area contributed by atoms with Gasteiger partial charge in [-0.2, -0.15) is 5.10 Å². The molecule has 126 valence electrons. The summed E-state index contributed by atoms with van der Waals surface area (Å²) in [5.74, 6) is -0.889. The monoisotopic (exact) mass is 354 g/mol. The number of ketones is 1. The SMILES string of the molecule is CCOC(=O)c1[nH]nc(C(=O)c2ccccc2)c1-c1ccccc1Cl. The lowest BCUT2D eigenvalue weighted by Gasteiger charge is -2.07. The van der Waals surface area contributed by atoms with E-state index in [1.54, 1.807) is 55.5 Å². The Morgan fingerprint density at radius 1 is 1.08 bits per heavy atom. The smallest absolute Gasteiger partial charge is 0.357 e. The Labute approximate surface area is 149 Å². The van der Waals surface area contributed by atoms with Crippen molar-refractivity contribution in [2.45, 2.75) is 6.92 Å². The van der Waals surface area contributed by atoms with Crippen LogP contribution in [0.3, 0.4) is 0 Å². The minimum Gasteiger partial charge on any atom is -0.461 e. The van der Waals surface area contributed by atoms with E-state index in [4.69, 9.17) is 16.3 Å². The molecule has 0 spiro atoms. The number of ether oxygens (including phenoxy) is 1. The van der Waals surface area contributed by atoms with Gasteiger partial charge in [0.1, 0.15) is 5.69 Å². The molecule has 0 radical (unpaired) electrons. The predicted octanol–water partition coefficient (Wildman–Crippen LogP) is 4.14. The van der Waals surface area contributed by atoms with Crippen LogP contribution in [-0.4, -0.2) is 28.6 Å². The molecule has 0 aliphatic rings. The van der Waals surface area contributed by atoms with Crippen molar-refractivity contribution in [2.75, 3.05) is 6.61 Å². The molecule has 25 heavy (non-hydrogen) atoms. The fourth-order valence-electron chi connectivity index (χ4n) is 2.51. The highest BCUT2D eigenvalue weighted by atomic mass is 35.5. The van der Waals surface area contributed by atoms with Crippen LogP contribution < -0.4 is 0 Å². The molecule has 0 amide bonds. The number of rotatable bonds is 5. The number of hydrogen-bond acceptors (Lipinski definition) is 4. The van der Waals surface area contributed by atoms with E-state index in [1.807, 2.05) is 6.07 Å². The van der Waals surface area contributed by atoms with Crippen LogP contribution in [0.25, 0.3) is 11.1 Å². The summed E-state index contributed by atoms with van der Waals surface area (Å²) in [6, 6.07) is 15.7. The van der Waals surface area contributed by atoms with Crippen molar-refractivity contribution >= 4 is 23.4 Å². The Hall–Kier alpha value is -2.92. The van der Waals surface area contributed by atoms with E-state index in [9.17, 15) is 9.59 Å². The molecule has 1 N–H and O–H groups in total. The maximum absolute atomic E-state index is 12.9. The molecule has 0 atom stereocenters. The standard InChI is InChI=1S/C19H15ClN2O3/c1-2-25-19(24)17-15(13-10-6-7-11-14(13)20)16(21-22-17)18(23)12-8-4-3-5-9-12/h3-11H,2H2,1H3,(H,21,22). The van der Waals surface area contributed by atoms with Gasteiger partial charge < -0.3 is 4.74 Å². The molecule has 0 bridgehead atoms. The van der Waals surface area contributed by atoms with Crippen LogP contribution in [0.2, 0.25) is 5.02 Å². The first kappa shape index (κ1) is 16.9. The average molecular weight is 355 g/mol. The highest BCUT2D eigenvalue weighted by molar-refractivity contribution is 6.34. The molecule has 0 saturated carbocycles. The van der Waals surface area contributed by atoms with Gasteiger partial charge in [-0.05, 0) is 13.0 Å². The Balaban J connectivity index is 2.18. The van der Waals surface area contributed by atoms with Crippen LogP contribution in [0.15, 0.2) is 54.6 Å². The van der Waals surface area contributed by atoms with E-state index >= 15 is 0 Å². The number of halogens is 1. The lowest BCUT2D eigenvalue weighted by atomic mass is 9.98. The van der Waals surface area contributed by atoms with Crippen LogP contribution in [0.4, 0.5) is 0 Å². The number of nitrogens with zero attached hydrogens (tertiary/aromatic N) is 1. The lowest BCUT2D eigenvalue weighted by Crippen LogP contribution is -2.08. The first-order chi connectivity index (χ1) is 12.1. The third kappa shape index (κ3) is 3.32. The molecule has 0 unspecified atom stereocenters. The zero-order valence-corrected chi connectivity index (χ0v) is 14.2. The van der Waals surface area contributed by atoms with Crippen molar-refractivity contribution in [3.63, 3.8) is 0 Å². The van der Waals surface area contributed by atoms with Crippen molar-refractivity contribution in [2.24, 2.45) is 0 Å². The summed E-state index contributed by atoms with van der Waals surface area (Å²) in [6.07, 6.45) is 0. The van der Waals surface area contributed by atoms with Crippen LogP contribution in [0, 0.1) is 0 Å². The Kier molecular flexibility index (Phi) is 4.95. The first-order valence-electron chi connectivity index (χ1n) is 7.73. The third-order valence-electron chi connectivity index (χ3n) is 3.64. The summed E-state index contributed by atoms with van der Waals surface area (Å²) < 4.78 is 5.06. The van der Waals surface area contributed by atoms with Gasteiger partial charge in [-0.15, -0.1) is 0 Å². The van der Waals surface area contributed by atoms with Crippen molar-refractivity contribution in [3.8, 4) is 11.1 Å². The zero-order valence-electron chi connectivity index (χ0n) is 13.5. The maximum atomic E-state index is 12.9. The summed E-state index contributed by atoms with van der Waals surface area (Å²) in [5.41, 5.74) is 1.59. The topological polar surface area (TPSA) is 72.1 Å². The van der Waals surface area contributed by atoms with Gasteiger partial charge in [-0.25, -0.2) is 4.79 Å². The van der Waals surface area contributed by atoms with Crippen molar-refractivity contribution in [1.82, 2.24) is 10.2 Å². The third-order valence-corrected chi connectivity index (χ3v) is 3.97. The molecule has 0 fully saturated rings. The summed E-state index contributed by atoms with van der Waals surface area (Å²) in [7, 11) is 0. The molecular weight excluding hydrogens is 340 g/mol. The van der Waals surface area contributed by atoms with Gasteiger partial charge in [-0.3, -0.25) is 9.89 Å². The molecule has 1 aromatic heterocycles. The quantitative estimate of drug-likeness (QED) is 0.552. The van der Waals surface area contributed by atoms with E-state index in [0.717, 1.165) is 0 Å². The van der Waals surface area contributed by atoms with Gasteiger partial charge in [0, 0.05) is 21.7 Å². The predicted molar refractivity (Wildman–Crippen MR) is 94.9 cm³/mol. The molecule has 6 heteroatoms. The van der Waals surface area contributed by atoms with Gasteiger partial charge in [-0.1, -0.05) is 60.1 Å². The Bertz CT molecular complexity index is 919. The van der Waals surface area contributed by atoms with Crippen molar-refractivity contribution < 1.29 is 14.3 Å². The number of aromatic nitrogens is 2. The lowest BCUT2D eigenvalue weighted by molar-refractivity contribution is 0.0520. The van der Waals surface area contributed by atoms with Crippen LogP contribution in [0.1, 0.15) is 33.5 Å². The fraction of sp³-hybridized carbons (Fsp3) is 0.105. The maximum Gasteiger partial charge on any atom is 0.357 e. The van der Waals surface area contributed by atoms with Gasteiger partial charge >= 0.3 is 5.97 Å². The second-order valence-electron chi connectivity index (χ2n) is 5.22. The molecule has 0 saturated heterocycles. The minimum atomic E-state index is -0.586. The number of benzene rings is 2. The summed E-state index contributed by atoms with van der Waals surface area (Å²) >= 11 is 6.29. The van der Waals surface area contributed by atoms with Gasteiger partial charge in [0.05, 0.1) is 6.61 Å². The summed E-state index contributed by atoms with van der Waals surface area (Å²) in [4.78, 5) is 25.1. The molecule has 0 aliphatic heterocycles. The molecule has 0 aliphatic carbocycles. The number of hydrogen-bond donors (Lipinski definition) is 1. The van der Waals surface area contributed by atoms with E-state index in [0.29, 0.717) is 21.7 Å². The van der Waals surface area contributed by atoms with E-state index in [-0.39, 0.29) is 23.8 Å². The number of H-pyrrole nitrogens is 1. The second-order valence-corrected chi connectivity index (χ2v) is 5.62. The zero-order chi connectivity index (χ0) is 17.8. The molecule has 3 aromatic rings. The molecule has 1 heterocycles. The highest BCUT2D eigenvalue weighted by Gasteiger charge is 2.27. The summed E-state index contributed by atoms with van der Waals surface area (Å²) in [5, 5.41) is 7.12. The average Bonchev–Trinajstić information content (AvgIpc) is 3.07. The van der Waals surface area contributed by atoms with Crippen molar-refractivity contribution in [1.29, 1.82) is 0 Å². The van der Waals surface area contributed by atoms with Crippen LogP contribution >= 0.6 is 11.6 Å². The van der Waals surface area contributed by atoms with E-state index in [2.05, 4.69) is 10.2 Å². The number of nitrogens with one attached hydrogen (secondary N) is 1. The second kappa shape index (κ2) is 7.32. The molecule has 3 rings (SSSR count). The number of carbonyl (C=O) groups excluding carboxylic acids is 2. The normalized spacial score (nSPS) is 10.5. The number of aromatic amines is 1. The van der Waals surface area contributed by atoms with E-state index < -0.39 is 5.97 Å². The van der Waals surface area contributed by atoms with E-state index in [1.165, 1.54) is 0 Å². The van der Waals surface area contributed by atoms with Gasteiger partial charge in [0.25, 0.3) is 0 Å². The number of carbonyl (C=O) groups is 2. The molecular formula is C19H15ClN2O3. The summed E-state index contributed by atoms with van der Waals surface area (Å²) in [6.45, 7) is 1.92. The first-order valence-corrected chi connectivity index (χ1v) is 8.11. The fourth-order valence-corrected chi connectivity index (χ4v) is 2.74. The largest absolute Gasteiger partial charge is 0.461 e. The molecule has 2 aromatic carbocycles. The highest BCUT2D eigenvalue weighted by Crippen LogP contribution is 2.33. The minimum absolute atomic E-state index is 0.106. The molecule has 5 nitrogen and oxygen atoms in total.